The van der Waals surface area contributed by atoms with Crippen LogP contribution in [0.15, 0.2) is 12.7 Å². The smallest absolute Gasteiger partial charge is 0.306 e. The fourth-order valence-electron chi connectivity index (χ4n) is 3.26. The zero-order chi connectivity index (χ0) is 23.3. The highest BCUT2D eigenvalue weighted by Crippen LogP contribution is 2.33. The number of hydrogen-bond acceptors (Lipinski definition) is 11. The number of carbonyl (C=O) groups is 4. The molecule has 0 spiro atoms. The summed E-state index contributed by atoms with van der Waals surface area (Å²) in [4.78, 5) is 58.6. The van der Waals surface area contributed by atoms with Crippen LogP contribution in [-0.2, 0) is 33.4 Å². The second kappa shape index (κ2) is 10.3. The third-order valence-electron chi connectivity index (χ3n) is 4.93. The number of nitrogens with two attached hydrogens (primary N) is 1. The number of ketones is 2. The molecule has 1 aliphatic heterocycles. The van der Waals surface area contributed by atoms with Gasteiger partial charge in [0.2, 0.25) is 0 Å². The maximum Gasteiger partial charge on any atom is 0.306 e. The van der Waals surface area contributed by atoms with Crippen LogP contribution in [0.4, 0.5) is 5.82 Å². The van der Waals surface area contributed by atoms with Crippen molar-refractivity contribution in [3.8, 4) is 0 Å². The van der Waals surface area contributed by atoms with Crippen molar-refractivity contribution in [3.05, 3.63) is 12.7 Å². The van der Waals surface area contributed by atoms with Crippen LogP contribution in [0.5, 0.6) is 0 Å². The molecule has 3 heterocycles. The van der Waals surface area contributed by atoms with Gasteiger partial charge in [0.25, 0.3) is 0 Å². The lowest BCUT2D eigenvalue weighted by atomic mass is 10.1. The summed E-state index contributed by atoms with van der Waals surface area (Å²) in [5, 5.41) is 0. The molecule has 32 heavy (non-hydrogen) atoms. The van der Waals surface area contributed by atoms with Crippen molar-refractivity contribution in [2.45, 2.75) is 64.4 Å². The molecular formula is C20H25N5O7. The van der Waals surface area contributed by atoms with E-state index >= 15 is 0 Å². The second-order valence-corrected chi connectivity index (χ2v) is 7.56. The molecule has 3 rings (SSSR count). The molecule has 0 saturated carbocycles. The number of ether oxygens (including phenoxy) is 3. The molecule has 1 saturated heterocycles. The monoisotopic (exact) mass is 447 g/mol. The lowest BCUT2D eigenvalue weighted by molar-refractivity contribution is -0.159. The Hall–Kier alpha value is -3.41. The van der Waals surface area contributed by atoms with E-state index in [1.807, 2.05) is 0 Å². The second-order valence-electron chi connectivity index (χ2n) is 7.56. The van der Waals surface area contributed by atoms with Gasteiger partial charge in [-0.25, -0.2) is 15.0 Å². The zero-order valence-electron chi connectivity index (χ0n) is 17.9. The molecular weight excluding hydrogens is 422 g/mol. The van der Waals surface area contributed by atoms with Gasteiger partial charge in [-0.2, -0.15) is 0 Å². The Labute approximate surface area is 183 Å². The molecule has 2 N–H and O–H groups in total. The highest BCUT2D eigenvalue weighted by Gasteiger charge is 2.40. The normalized spacial score (nSPS) is 20.2. The standard InChI is InChI=1S/C20H25N5O7/c1-11(26)3-5-16(28)30-8-14-13(32-17(29)6-4-12(2)27)7-15(31-14)25-10-24-18-19(21)22-9-23-20(18)25/h9-10,13-15H,3-8H2,1-2H3,(H2,21,22,23)/t13-,14+,15+/m0/s1. The molecule has 0 aliphatic carbocycles. The average Bonchev–Trinajstić information content (AvgIpc) is 3.34. The first-order valence-electron chi connectivity index (χ1n) is 10.2. The molecule has 1 fully saturated rings. The number of fused-ring (bicyclic) bond motifs is 1. The quantitative estimate of drug-likeness (QED) is 0.514. The number of nitrogen functional groups attached to an aromatic ring is 1. The first-order valence-corrected chi connectivity index (χ1v) is 10.2. The van der Waals surface area contributed by atoms with Crippen LogP contribution in [0.1, 0.15) is 52.2 Å². The van der Waals surface area contributed by atoms with Gasteiger partial charge in [0.15, 0.2) is 11.5 Å². The summed E-state index contributed by atoms with van der Waals surface area (Å²) >= 11 is 0. The summed E-state index contributed by atoms with van der Waals surface area (Å²) in [6.45, 7) is 2.62. The maximum absolute atomic E-state index is 12.2. The van der Waals surface area contributed by atoms with Gasteiger partial charge in [-0.15, -0.1) is 0 Å². The van der Waals surface area contributed by atoms with E-state index in [1.54, 1.807) is 4.57 Å². The molecule has 1 aliphatic rings. The number of rotatable bonds is 10. The van der Waals surface area contributed by atoms with E-state index in [1.165, 1.54) is 26.5 Å². The summed E-state index contributed by atoms with van der Waals surface area (Å²) < 4.78 is 18.4. The molecule has 0 bridgehead atoms. The van der Waals surface area contributed by atoms with Crippen LogP contribution in [0.2, 0.25) is 0 Å². The van der Waals surface area contributed by atoms with Crippen LogP contribution in [0.25, 0.3) is 11.2 Å². The van der Waals surface area contributed by atoms with Gasteiger partial charge in [0.1, 0.15) is 48.5 Å². The number of carbonyl (C=O) groups excluding carboxylic acids is 4. The third kappa shape index (κ3) is 5.84. The summed E-state index contributed by atoms with van der Waals surface area (Å²) in [5.74, 6) is -1.13. The highest BCUT2D eigenvalue weighted by atomic mass is 16.6. The predicted molar refractivity (Wildman–Crippen MR) is 109 cm³/mol. The Kier molecular flexibility index (Phi) is 7.46. The first-order chi connectivity index (χ1) is 15.2. The van der Waals surface area contributed by atoms with E-state index in [-0.39, 0.29) is 56.1 Å². The van der Waals surface area contributed by atoms with Gasteiger partial charge in [-0.05, 0) is 13.8 Å². The van der Waals surface area contributed by atoms with Crippen molar-refractivity contribution >= 4 is 40.5 Å². The van der Waals surface area contributed by atoms with Gasteiger partial charge in [-0.1, -0.05) is 0 Å². The Morgan fingerprint density at radius 3 is 2.44 bits per heavy atom. The lowest BCUT2D eigenvalue weighted by Crippen LogP contribution is -2.32. The Morgan fingerprint density at radius 1 is 1.06 bits per heavy atom. The highest BCUT2D eigenvalue weighted by molar-refractivity contribution is 5.82. The lowest BCUT2D eigenvalue weighted by Gasteiger charge is -2.18. The zero-order valence-corrected chi connectivity index (χ0v) is 17.9. The molecule has 3 atom stereocenters. The number of aromatic nitrogens is 4. The van der Waals surface area contributed by atoms with Crippen molar-refractivity contribution in [1.82, 2.24) is 19.5 Å². The molecule has 0 amide bonds. The molecule has 12 nitrogen and oxygen atoms in total. The van der Waals surface area contributed by atoms with E-state index in [0.717, 1.165) is 0 Å². The van der Waals surface area contributed by atoms with E-state index in [9.17, 15) is 19.2 Å². The molecule has 0 unspecified atom stereocenters. The van der Waals surface area contributed by atoms with E-state index in [4.69, 9.17) is 19.9 Å². The predicted octanol–water partition coefficient (Wildman–Crippen LogP) is 0.889. The fourth-order valence-corrected chi connectivity index (χ4v) is 3.26. The molecule has 2 aromatic rings. The summed E-state index contributed by atoms with van der Waals surface area (Å²) in [5.41, 5.74) is 6.69. The molecule has 12 heteroatoms. The molecule has 0 radical (unpaired) electrons. The van der Waals surface area contributed by atoms with Crippen LogP contribution < -0.4 is 5.73 Å². The van der Waals surface area contributed by atoms with Crippen LogP contribution >= 0.6 is 0 Å². The number of Topliss-reactive ketones (excluding diaryl/α,β-unsaturated/α-hetero) is 2. The largest absolute Gasteiger partial charge is 0.463 e. The number of anilines is 1. The number of nitrogens with zero attached hydrogens (tertiary/aromatic N) is 4. The van der Waals surface area contributed by atoms with Crippen molar-refractivity contribution in [1.29, 1.82) is 0 Å². The van der Waals surface area contributed by atoms with Crippen LogP contribution in [0.3, 0.4) is 0 Å². The fraction of sp³-hybridized carbons (Fsp3) is 0.550. The van der Waals surface area contributed by atoms with Gasteiger partial charge in [0, 0.05) is 19.3 Å². The van der Waals surface area contributed by atoms with Crippen LogP contribution in [-0.4, -0.2) is 61.8 Å². The average molecular weight is 447 g/mol. The summed E-state index contributed by atoms with van der Waals surface area (Å²) in [6.07, 6.45) is 1.01. The molecule has 172 valence electrons. The Balaban J connectivity index is 1.71. The minimum Gasteiger partial charge on any atom is -0.463 e. The first kappa shape index (κ1) is 23.3. The van der Waals surface area contributed by atoms with Crippen molar-refractivity contribution in [3.63, 3.8) is 0 Å². The molecule has 2 aromatic heterocycles. The third-order valence-corrected chi connectivity index (χ3v) is 4.93. The summed E-state index contributed by atoms with van der Waals surface area (Å²) in [6, 6.07) is 0. The van der Waals surface area contributed by atoms with Crippen molar-refractivity contribution < 1.29 is 33.4 Å². The Bertz CT molecular complexity index is 1020. The number of imidazole rings is 1. The van der Waals surface area contributed by atoms with Gasteiger partial charge < -0.3 is 29.5 Å². The van der Waals surface area contributed by atoms with E-state index in [2.05, 4.69) is 15.0 Å². The summed E-state index contributed by atoms with van der Waals surface area (Å²) in [7, 11) is 0. The van der Waals surface area contributed by atoms with E-state index < -0.39 is 30.4 Å². The van der Waals surface area contributed by atoms with Crippen LogP contribution in [0, 0.1) is 0 Å². The van der Waals surface area contributed by atoms with Gasteiger partial charge in [-0.3, -0.25) is 14.2 Å². The topological polar surface area (TPSA) is 166 Å². The number of esters is 2. The molecule has 0 aromatic carbocycles. The van der Waals surface area contributed by atoms with E-state index in [0.29, 0.717) is 11.2 Å². The SMILES string of the molecule is CC(=O)CCC(=O)OC[C@H]1O[C@@H](n2cnc3c(N)ncnc32)C[C@@H]1OC(=O)CCC(C)=O. The van der Waals surface area contributed by atoms with Gasteiger partial charge in [0.05, 0.1) is 19.2 Å². The van der Waals surface area contributed by atoms with Crippen molar-refractivity contribution in [2.24, 2.45) is 0 Å². The minimum atomic E-state index is -0.751. The van der Waals surface area contributed by atoms with Crippen molar-refractivity contribution in [2.75, 3.05) is 12.3 Å². The maximum atomic E-state index is 12.2. The Morgan fingerprint density at radius 2 is 1.75 bits per heavy atom. The van der Waals surface area contributed by atoms with Gasteiger partial charge >= 0.3 is 11.9 Å². The number of hydrogen-bond donors (Lipinski definition) is 1. The minimum absolute atomic E-state index is 0.0447.